The Hall–Kier alpha value is -2.33. The van der Waals surface area contributed by atoms with Crippen molar-refractivity contribution in [3.63, 3.8) is 0 Å². The molecule has 1 saturated carbocycles. The van der Waals surface area contributed by atoms with Gasteiger partial charge >= 0.3 is 0 Å². The highest BCUT2D eigenvalue weighted by molar-refractivity contribution is 5.53. The third kappa shape index (κ3) is 5.59. The molecule has 3 rings (SSSR count). The van der Waals surface area contributed by atoms with E-state index in [4.69, 9.17) is 0 Å². The van der Waals surface area contributed by atoms with E-state index in [1.165, 1.54) is 50.2 Å². The van der Waals surface area contributed by atoms with Gasteiger partial charge in [0.05, 0.1) is 0 Å². The Kier molecular flexibility index (Phi) is 7.49. The summed E-state index contributed by atoms with van der Waals surface area (Å²) in [7, 11) is 0. The number of rotatable bonds is 5. The first-order valence-corrected chi connectivity index (χ1v) is 10.8. The average Bonchev–Trinajstić information content (AvgIpc) is 2.73. The van der Waals surface area contributed by atoms with Crippen LogP contribution in [0.5, 0.6) is 0 Å². The molecular weight excluding hydrogens is 343 g/mol. The van der Waals surface area contributed by atoms with Crippen molar-refractivity contribution in [3.8, 4) is 11.8 Å². The minimum atomic E-state index is -0.217. The molecule has 1 aliphatic rings. The average molecular weight is 375 g/mol. The fourth-order valence-electron chi connectivity index (χ4n) is 4.16. The molecule has 1 aliphatic carbocycles. The van der Waals surface area contributed by atoms with E-state index in [1.54, 1.807) is 6.07 Å². The van der Waals surface area contributed by atoms with E-state index in [0.29, 0.717) is 17.0 Å². The molecule has 1 heteroatoms. The minimum Gasteiger partial charge on any atom is -0.206 e. The lowest BCUT2D eigenvalue weighted by molar-refractivity contribution is 0.308. The van der Waals surface area contributed by atoms with Gasteiger partial charge in [-0.2, -0.15) is 0 Å². The second-order valence-corrected chi connectivity index (χ2v) is 7.93. The summed E-state index contributed by atoms with van der Waals surface area (Å²) in [5, 5.41) is 0. The summed E-state index contributed by atoms with van der Waals surface area (Å²) < 4.78 is 14.1. The summed E-state index contributed by atoms with van der Waals surface area (Å²) >= 11 is 0. The molecule has 1 fully saturated rings. The lowest BCUT2D eigenvalue weighted by Gasteiger charge is -2.28. The molecule has 0 bridgehead atoms. The van der Waals surface area contributed by atoms with E-state index in [-0.39, 0.29) is 5.82 Å². The Morgan fingerprint density at radius 2 is 1.61 bits per heavy atom. The quantitative estimate of drug-likeness (QED) is 0.470. The molecule has 0 radical (unpaired) electrons. The van der Waals surface area contributed by atoms with Crippen molar-refractivity contribution < 1.29 is 4.39 Å². The van der Waals surface area contributed by atoms with Crippen molar-refractivity contribution in [1.29, 1.82) is 0 Å². The van der Waals surface area contributed by atoms with E-state index in [9.17, 15) is 4.39 Å². The van der Waals surface area contributed by atoms with Crippen molar-refractivity contribution in [1.82, 2.24) is 0 Å². The zero-order chi connectivity index (χ0) is 19.8. The van der Waals surface area contributed by atoms with Gasteiger partial charge in [-0.05, 0) is 73.8 Å². The smallest absolute Gasteiger partial charge is 0.131 e. The fourth-order valence-corrected chi connectivity index (χ4v) is 4.16. The molecule has 0 nitrogen and oxygen atoms in total. The van der Waals surface area contributed by atoms with E-state index in [0.717, 1.165) is 17.9 Å². The second kappa shape index (κ2) is 10.3. The summed E-state index contributed by atoms with van der Waals surface area (Å²) in [6, 6.07) is 13.9. The largest absolute Gasteiger partial charge is 0.206 e. The van der Waals surface area contributed by atoms with Crippen LogP contribution < -0.4 is 0 Å². The highest BCUT2D eigenvalue weighted by Gasteiger charge is 2.21. The monoisotopic (exact) mass is 374 g/mol. The van der Waals surface area contributed by atoms with Crippen LogP contribution in [-0.4, -0.2) is 0 Å². The summed E-state index contributed by atoms with van der Waals surface area (Å²) in [6.07, 6.45) is 12.7. The third-order valence-electron chi connectivity index (χ3n) is 5.81. The van der Waals surface area contributed by atoms with E-state index < -0.39 is 0 Å². The maximum Gasteiger partial charge on any atom is 0.131 e. The van der Waals surface area contributed by atoms with Gasteiger partial charge in [0.15, 0.2) is 0 Å². The second-order valence-electron chi connectivity index (χ2n) is 7.93. The minimum absolute atomic E-state index is 0.217. The van der Waals surface area contributed by atoms with Crippen molar-refractivity contribution in [3.05, 3.63) is 76.6 Å². The molecule has 0 amide bonds. The number of hydrogen-bond donors (Lipinski definition) is 0. The molecule has 2 aromatic carbocycles. The molecule has 2 aromatic rings. The predicted molar refractivity (Wildman–Crippen MR) is 118 cm³/mol. The third-order valence-corrected chi connectivity index (χ3v) is 5.81. The molecule has 0 aliphatic heterocycles. The first kappa shape index (κ1) is 20.4. The van der Waals surface area contributed by atoms with Crippen LogP contribution in [0.1, 0.15) is 87.0 Å². The normalized spacial score (nSPS) is 19.4. The van der Waals surface area contributed by atoms with Crippen molar-refractivity contribution in [2.45, 2.75) is 64.7 Å². The van der Waals surface area contributed by atoms with Crippen molar-refractivity contribution in [2.75, 3.05) is 0 Å². The van der Waals surface area contributed by atoms with Crippen LogP contribution in [0.3, 0.4) is 0 Å². The molecule has 0 spiro atoms. The molecule has 146 valence electrons. The summed E-state index contributed by atoms with van der Waals surface area (Å²) in [6.45, 7) is 4.33. The van der Waals surface area contributed by atoms with Gasteiger partial charge in [-0.3, -0.25) is 0 Å². The maximum atomic E-state index is 14.1. The van der Waals surface area contributed by atoms with E-state index in [2.05, 4.69) is 43.0 Å². The highest BCUT2D eigenvalue weighted by Crippen LogP contribution is 2.37. The van der Waals surface area contributed by atoms with Crippen LogP contribution in [0.4, 0.5) is 4.39 Å². The lowest BCUT2D eigenvalue weighted by Crippen LogP contribution is -2.13. The standard InChI is InChI=1S/C27H31F/c1-3-5-7-26-19-14-23(20-27(26)28)9-8-22-12-17-25(18-13-22)24-15-10-21(6-4-2)11-16-24/h5,7,12-14,17-21,24H,3-4,6,10-11,15-16H2,1-2H3. The molecule has 0 unspecified atom stereocenters. The van der Waals surface area contributed by atoms with Gasteiger partial charge in [0.25, 0.3) is 0 Å². The van der Waals surface area contributed by atoms with Crippen LogP contribution in [0.2, 0.25) is 0 Å². The zero-order valence-corrected chi connectivity index (χ0v) is 17.2. The first-order valence-electron chi connectivity index (χ1n) is 10.8. The van der Waals surface area contributed by atoms with Gasteiger partial charge in [0, 0.05) is 16.7 Å². The molecule has 0 saturated heterocycles. The van der Waals surface area contributed by atoms with Crippen LogP contribution in [0.15, 0.2) is 48.5 Å². The van der Waals surface area contributed by atoms with Gasteiger partial charge in [-0.25, -0.2) is 4.39 Å². The summed E-state index contributed by atoms with van der Waals surface area (Å²) in [4.78, 5) is 0. The van der Waals surface area contributed by atoms with E-state index in [1.807, 2.05) is 25.1 Å². The van der Waals surface area contributed by atoms with Crippen LogP contribution >= 0.6 is 0 Å². The topological polar surface area (TPSA) is 0 Å². The Morgan fingerprint density at radius 1 is 0.929 bits per heavy atom. The number of benzene rings is 2. The van der Waals surface area contributed by atoms with E-state index >= 15 is 0 Å². The molecular formula is C27H31F. The van der Waals surface area contributed by atoms with Gasteiger partial charge in [0.1, 0.15) is 5.82 Å². The summed E-state index contributed by atoms with van der Waals surface area (Å²) in [5.41, 5.74) is 3.76. The first-order chi connectivity index (χ1) is 13.7. The van der Waals surface area contributed by atoms with Crippen LogP contribution in [-0.2, 0) is 0 Å². The number of allylic oxidation sites excluding steroid dienone is 1. The Bertz CT molecular complexity index is 840. The molecule has 28 heavy (non-hydrogen) atoms. The van der Waals surface area contributed by atoms with Crippen molar-refractivity contribution >= 4 is 6.08 Å². The SMILES string of the molecule is CCC=Cc1ccc(C#Cc2ccc(C3CCC(CCC)CC3)cc2)cc1F. The predicted octanol–water partition coefficient (Wildman–Crippen LogP) is 7.72. The fraction of sp³-hybridized carbons (Fsp3) is 0.407. The Labute approximate surface area is 169 Å². The Balaban J connectivity index is 1.62. The Morgan fingerprint density at radius 3 is 2.25 bits per heavy atom. The highest BCUT2D eigenvalue weighted by atomic mass is 19.1. The molecule has 0 heterocycles. The molecule has 0 atom stereocenters. The van der Waals surface area contributed by atoms with Crippen LogP contribution in [0.25, 0.3) is 6.08 Å². The van der Waals surface area contributed by atoms with Gasteiger partial charge in [-0.15, -0.1) is 0 Å². The number of hydrogen-bond acceptors (Lipinski definition) is 0. The van der Waals surface area contributed by atoms with Gasteiger partial charge in [-0.1, -0.05) is 68.9 Å². The molecule has 0 N–H and O–H groups in total. The van der Waals surface area contributed by atoms with Crippen LogP contribution in [0, 0.1) is 23.6 Å². The van der Waals surface area contributed by atoms with Gasteiger partial charge in [0.2, 0.25) is 0 Å². The zero-order valence-electron chi connectivity index (χ0n) is 17.2. The number of halogens is 1. The maximum absolute atomic E-state index is 14.1. The summed E-state index contributed by atoms with van der Waals surface area (Å²) in [5.74, 6) is 7.68. The molecule has 0 aromatic heterocycles. The van der Waals surface area contributed by atoms with Crippen molar-refractivity contribution in [2.24, 2.45) is 5.92 Å². The van der Waals surface area contributed by atoms with Gasteiger partial charge < -0.3 is 0 Å². The lowest BCUT2D eigenvalue weighted by atomic mass is 9.77.